The van der Waals surface area contributed by atoms with E-state index in [0.717, 1.165) is 5.56 Å². The van der Waals surface area contributed by atoms with Gasteiger partial charge in [0.1, 0.15) is 0 Å². The summed E-state index contributed by atoms with van der Waals surface area (Å²) >= 11 is 0. The van der Waals surface area contributed by atoms with Crippen molar-refractivity contribution in [2.24, 2.45) is 0 Å². The van der Waals surface area contributed by atoms with Gasteiger partial charge in [0.25, 0.3) is 0 Å². The molecule has 0 atom stereocenters. The van der Waals surface area contributed by atoms with Gasteiger partial charge in [0.2, 0.25) is 0 Å². The lowest BCUT2D eigenvalue weighted by atomic mass is 9.83. The van der Waals surface area contributed by atoms with E-state index in [1.807, 2.05) is 30.3 Å². The van der Waals surface area contributed by atoms with Crippen molar-refractivity contribution in [1.82, 2.24) is 0 Å². The number of ketones is 1. The summed E-state index contributed by atoms with van der Waals surface area (Å²) in [6.45, 7) is 0. The van der Waals surface area contributed by atoms with Crippen LogP contribution in [0, 0.1) is 0 Å². The lowest BCUT2D eigenvalue weighted by molar-refractivity contribution is 0.0977. The number of carbonyl (C=O) groups is 1. The monoisotopic (exact) mass is 310 g/mol. The third-order valence-electron chi connectivity index (χ3n) is 4.67. The van der Waals surface area contributed by atoms with E-state index in [9.17, 15) is 4.79 Å². The minimum Gasteiger partial charge on any atom is -0.294 e. The molecule has 0 aliphatic heterocycles. The number of benzene rings is 3. The summed E-state index contributed by atoms with van der Waals surface area (Å²) in [6.07, 6.45) is 4.79. The van der Waals surface area contributed by atoms with Crippen molar-refractivity contribution in [2.75, 3.05) is 0 Å². The highest BCUT2D eigenvalue weighted by atomic mass is 16.1. The Morgan fingerprint density at radius 1 is 0.667 bits per heavy atom. The number of hydrogen-bond acceptors (Lipinski definition) is 1. The quantitative estimate of drug-likeness (QED) is 0.577. The van der Waals surface area contributed by atoms with Gasteiger partial charge >= 0.3 is 0 Å². The van der Waals surface area contributed by atoms with Crippen LogP contribution in [0.1, 0.15) is 45.0 Å². The topological polar surface area (TPSA) is 17.1 Å². The van der Waals surface area contributed by atoms with Crippen LogP contribution in [0.5, 0.6) is 0 Å². The second kappa shape index (κ2) is 6.29. The fourth-order valence-corrected chi connectivity index (χ4v) is 3.45. The van der Waals surface area contributed by atoms with Gasteiger partial charge < -0.3 is 0 Å². The van der Waals surface area contributed by atoms with E-state index in [-0.39, 0.29) is 11.7 Å². The predicted molar refractivity (Wildman–Crippen MR) is 99.0 cm³/mol. The lowest BCUT2D eigenvalue weighted by Crippen LogP contribution is -2.10. The molecule has 0 aromatic heterocycles. The Hall–Kier alpha value is -2.93. The zero-order chi connectivity index (χ0) is 16.4. The number of carbonyl (C=O) groups excluding carboxylic acids is 1. The van der Waals surface area contributed by atoms with Crippen molar-refractivity contribution >= 4 is 17.9 Å². The van der Waals surface area contributed by atoms with Crippen LogP contribution in [0.2, 0.25) is 0 Å². The van der Waals surface area contributed by atoms with Gasteiger partial charge in [-0.25, -0.2) is 0 Å². The van der Waals surface area contributed by atoms with E-state index in [1.165, 1.54) is 22.3 Å². The van der Waals surface area contributed by atoms with Crippen LogP contribution in [0.25, 0.3) is 12.2 Å². The molecule has 0 spiro atoms. The fraction of sp³-hybridized carbons (Fsp3) is 0.0870. The van der Waals surface area contributed by atoms with Crippen molar-refractivity contribution < 1.29 is 4.79 Å². The molecule has 3 aromatic rings. The standard InChI is InChI=1S/C23H18O/c24-23(19-10-2-1-3-11-19)16-22-20-12-6-4-8-17(20)14-15-18-9-5-7-13-21(18)22/h1-15,22H,16H2. The van der Waals surface area contributed by atoms with Gasteiger partial charge in [-0.05, 0) is 22.3 Å². The number of rotatable bonds is 3. The van der Waals surface area contributed by atoms with E-state index in [0.29, 0.717) is 6.42 Å². The molecule has 0 saturated carbocycles. The summed E-state index contributed by atoms with van der Waals surface area (Å²) < 4.78 is 0. The maximum absolute atomic E-state index is 12.8. The van der Waals surface area contributed by atoms with E-state index >= 15 is 0 Å². The Balaban J connectivity index is 1.79. The first-order chi connectivity index (χ1) is 11.8. The molecule has 1 nitrogen and oxygen atoms in total. The van der Waals surface area contributed by atoms with E-state index in [2.05, 4.69) is 60.7 Å². The Labute approximate surface area is 142 Å². The van der Waals surface area contributed by atoms with Gasteiger partial charge in [0.15, 0.2) is 5.78 Å². The number of fused-ring (bicyclic) bond motifs is 2. The molecule has 0 radical (unpaired) electrons. The Bertz CT molecular complexity index is 857. The van der Waals surface area contributed by atoms with Crippen LogP contribution in [-0.4, -0.2) is 5.78 Å². The van der Waals surface area contributed by atoms with Gasteiger partial charge in [0.05, 0.1) is 0 Å². The predicted octanol–water partition coefficient (Wildman–Crippen LogP) is 5.58. The molecular weight excluding hydrogens is 292 g/mol. The summed E-state index contributed by atoms with van der Waals surface area (Å²) in [5.74, 6) is 0.271. The molecule has 0 bridgehead atoms. The van der Waals surface area contributed by atoms with Crippen molar-refractivity contribution in [3.05, 3.63) is 107 Å². The van der Waals surface area contributed by atoms with Crippen molar-refractivity contribution in [1.29, 1.82) is 0 Å². The highest BCUT2D eigenvalue weighted by molar-refractivity contribution is 5.97. The molecular formula is C23H18O. The van der Waals surface area contributed by atoms with Crippen LogP contribution in [0.4, 0.5) is 0 Å². The Morgan fingerprint density at radius 2 is 1.17 bits per heavy atom. The average molecular weight is 310 g/mol. The second-order valence-corrected chi connectivity index (χ2v) is 6.14. The maximum atomic E-state index is 12.8. The minimum absolute atomic E-state index is 0.0834. The maximum Gasteiger partial charge on any atom is 0.163 e. The van der Waals surface area contributed by atoms with Crippen LogP contribution in [0.3, 0.4) is 0 Å². The largest absolute Gasteiger partial charge is 0.294 e. The van der Waals surface area contributed by atoms with Crippen molar-refractivity contribution in [3.8, 4) is 0 Å². The van der Waals surface area contributed by atoms with E-state index < -0.39 is 0 Å². The fourth-order valence-electron chi connectivity index (χ4n) is 3.45. The third-order valence-corrected chi connectivity index (χ3v) is 4.67. The normalized spacial score (nSPS) is 13.0. The molecule has 1 heteroatoms. The molecule has 116 valence electrons. The molecule has 0 fully saturated rings. The van der Waals surface area contributed by atoms with E-state index in [4.69, 9.17) is 0 Å². The smallest absolute Gasteiger partial charge is 0.163 e. The molecule has 0 unspecified atom stereocenters. The molecule has 24 heavy (non-hydrogen) atoms. The van der Waals surface area contributed by atoms with Gasteiger partial charge in [-0.2, -0.15) is 0 Å². The molecule has 0 amide bonds. The summed E-state index contributed by atoms with van der Waals surface area (Å²) in [5.41, 5.74) is 5.62. The minimum atomic E-state index is 0.0834. The van der Waals surface area contributed by atoms with Crippen LogP contribution in [-0.2, 0) is 0 Å². The van der Waals surface area contributed by atoms with Crippen LogP contribution < -0.4 is 0 Å². The van der Waals surface area contributed by atoms with E-state index in [1.54, 1.807) is 0 Å². The van der Waals surface area contributed by atoms with Gasteiger partial charge in [-0.3, -0.25) is 4.79 Å². The molecule has 0 saturated heterocycles. The molecule has 4 rings (SSSR count). The van der Waals surface area contributed by atoms with Crippen LogP contribution >= 0.6 is 0 Å². The van der Waals surface area contributed by atoms with Crippen molar-refractivity contribution in [3.63, 3.8) is 0 Å². The summed E-state index contributed by atoms with van der Waals surface area (Å²) in [4.78, 5) is 12.8. The Morgan fingerprint density at radius 3 is 1.75 bits per heavy atom. The average Bonchev–Trinajstić information content (AvgIpc) is 2.80. The molecule has 1 aliphatic rings. The van der Waals surface area contributed by atoms with Crippen molar-refractivity contribution in [2.45, 2.75) is 12.3 Å². The summed E-state index contributed by atoms with van der Waals surface area (Å²) in [6, 6.07) is 26.3. The molecule has 1 aliphatic carbocycles. The first-order valence-electron chi connectivity index (χ1n) is 8.27. The highest BCUT2D eigenvalue weighted by Gasteiger charge is 2.24. The third kappa shape index (κ3) is 2.69. The van der Waals surface area contributed by atoms with Gasteiger partial charge in [0, 0.05) is 17.9 Å². The Kier molecular flexibility index (Phi) is 3.84. The molecule has 0 heterocycles. The zero-order valence-corrected chi connectivity index (χ0v) is 13.4. The SMILES string of the molecule is O=C(CC1c2ccccc2C=Cc2ccccc21)c1ccccc1. The summed E-state index contributed by atoms with van der Waals surface area (Å²) in [7, 11) is 0. The number of Topliss-reactive ketones (excluding diaryl/α,β-unsaturated/α-hetero) is 1. The second-order valence-electron chi connectivity index (χ2n) is 6.14. The highest BCUT2D eigenvalue weighted by Crippen LogP contribution is 2.37. The first kappa shape index (κ1) is 14.6. The molecule has 3 aromatic carbocycles. The molecule has 0 N–H and O–H groups in total. The summed E-state index contributed by atoms with van der Waals surface area (Å²) in [5, 5.41) is 0. The van der Waals surface area contributed by atoms with Gasteiger partial charge in [-0.1, -0.05) is 91.0 Å². The number of hydrogen-bond donors (Lipinski definition) is 0. The first-order valence-corrected chi connectivity index (χ1v) is 8.27. The lowest BCUT2D eigenvalue weighted by Gasteiger charge is -2.20. The van der Waals surface area contributed by atoms with Gasteiger partial charge in [-0.15, -0.1) is 0 Å². The zero-order valence-electron chi connectivity index (χ0n) is 13.4. The van der Waals surface area contributed by atoms with Crippen LogP contribution in [0.15, 0.2) is 78.9 Å².